The zero-order valence-corrected chi connectivity index (χ0v) is 35.3. The highest BCUT2D eigenvalue weighted by atomic mass is 16.8. The molecule has 2 saturated carbocycles. The fourth-order valence-electron chi connectivity index (χ4n) is 9.93. The lowest BCUT2D eigenvalue weighted by molar-refractivity contribution is -0.345. The third-order valence-corrected chi connectivity index (χ3v) is 12.9. The van der Waals surface area contributed by atoms with Crippen LogP contribution in [-0.4, -0.2) is 119 Å². The van der Waals surface area contributed by atoms with Crippen LogP contribution in [0.3, 0.4) is 0 Å². The van der Waals surface area contributed by atoms with Crippen LogP contribution >= 0.6 is 0 Å². The SMILES string of the molecule is C/C=C/[C@H](NC(=O)C(C)(C)C)[C@@H](O)C(=O)O[C@@H]1C(C)=C2[C@@H](OC(C)=O)C(=O)[C@@]3(C)[C@H]([C@H](OC(=O)c4ccccc4)[C@@]4(OC(=O)O[C@@H]14)C2(C)C)[C@]1(OC(C)=O)CO[C@@H]1C[C@@H]3O. The highest BCUT2D eigenvalue weighted by Gasteiger charge is 2.83. The number of hydrogen-bond donors (Lipinski definition) is 3. The van der Waals surface area contributed by atoms with E-state index in [2.05, 4.69) is 5.32 Å². The molecular weight excluding hydrogens is 786 g/mol. The van der Waals surface area contributed by atoms with Gasteiger partial charge in [-0.1, -0.05) is 65.0 Å². The van der Waals surface area contributed by atoms with Crippen LogP contribution in [0.2, 0.25) is 0 Å². The Labute approximate surface area is 347 Å². The van der Waals surface area contributed by atoms with Crippen molar-refractivity contribution >= 4 is 41.7 Å². The maximum absolute atomic E-state index is 15.5. The van der Waals surface area contributed by atoms with Crippen molar-refractivity contribution < 1.29 is 76.9 Å². The summed E-state index contributed by atoms with van der Waals surface area (Å²) in [4.78, 5) is 97.1. The summed E-state index contributed by atoms with van der Waals surface area (Å²) in [5, 5.41) is 26.2. The lowest BCUT2D eigenvalue weighted by atomic mass is 9.44. The third kappa shape index (κ3) is 6.78. The van der Waals surface area contributed by atoms with Crippen LogP contribution in [0.15, 0.2) is 53.6 Å². The van der Waals surface area contributed by atoms with Crippen molar-refractivity contribution in [2.24, 2.45) is 22.2 Å². The van der Waals surface area contributed by atoms with Crippen molar-refractivity contribution in [1.82, 2.24) is 5.32 Å². The van der Waals surface area contributed by atoms with Gasteiger partial charge in [0.1, 0.15) is 6.10 Å². The molecule has 6 rings (SSSR count). The van der Waals surface area contributed by atoms with Gasteiger partial charge in [-0.05, 0) is 44.1 Å². The average Bonchev–Trinajstić information content (AvgIpc) is 3.53. The number of nitrogens with one attached hydrogen (secondary N) is 1. The van der Waals surface area contributed by atoms with Gasteiger partial charge in [0.2, 0.25) is 11.5 Å². The minimum absolute atomic E-state index is 0.0295. The molecule has 0 aromatic heterocycles. The van der Waals surface area contributed by atoms with E-state index in [0.717, 1.165) is 13.8 Å². The largest absolute Gasteiger partial charge is 0.509 e. The first-order valence-electron chi connectivity index (χ1n) is 19.8. The van der Waals surface area contributed by atoms with Crippen molar-refractivity contribution in [2.75, 3.05) is 6.61 Å². The van der Waals surface area contributed by atoms with Crippen molar-refractivity contribution in [1.29, 1.82) is 0 Å². The molecule has 17 heteroatoms. The van der Waals surface area contributed by atoms with Gasteiger partial charge >= 0.3 is 30.0 Å². The molecule has 4 fully saturated rings. The smallest absolute Gasteiger partial charge is 0.454 e. The highest BCUT2D eigenvalue weighted by molar-refractivity contribution is 5.96. The molecule has 3 aliphatic carbocycles. The molecule has 1 spiro atoms. The number of hydrogen-bond acceptors (Lipinski definition) is 16. The summed E-state index contributed by atoms with van der Waals surface area (Å²) in [6, 6.07) is 6.42. The molecule has 2 bridgehead atoms. The van der Waals surface area contributed by atoms with Crippen LogP contribution in [-0.2, 0) is 57.1 Å². The second kappa shape index (κ2) is 15.4. The Balaban J connectivity index is 1.64. The van der Waals surface area contributed by atoms with Gasteiger partial charge in [0, 0.05) is 31.1 Å². The van der Waals surface area contributed by atoms with E-state index in [0.29, 0.717) is 0 Å². The first-order chi connectivity index (χ1) is 27.9. The maximum atomic E-state index is 15.5. The van der Waals surface area contributed by atoms with Gasteiger partial charge in [0.05, 0.1) is 35.6 Å². The number of amides is 1. The van der Waals surface area contributed by atoms with Gasteiger partial charge in [0.25, 0.3) is 0 Å². The van der Waals surface area contributed by atoms with Crippen LogP contribution < -0.4 is 5.32 Å². The number of aliphatic hydroxyl groups excluding tert-OH is 2. The van der Waals surface area contributed by atoms with E-state index in [1.54, 1.807) is 59.7 Å². The first kappa shape index (κ1) is 44.4. The number of carbonyl (C=O) groups excluding carboxylic acids is 7. The monoisotopic (exact) mass is 839 g/mol. The van der Waals surface area contributed by atoms with E-state index in [-0.39, 0.29) is 29.7 Å². The normalized spacial score (nSPS) is 35.0. The van der Waals surface area contributed by atoms with Crippen LogP contribution in [0.1, 0.15) is 86.0 Å². The van der Waals surface area contributed by atoms with Gasteiger partial charge in [0.15, 0.2) is 41.9 Å². The summed E-state index contributed by atoms with van der Waals surface area (Å²) in [5.41, 5.74) is -8.94. The number of fused-ring (bicyclic) bond motifs is 4. The van der Waals surface area contributed by atoms with Crippen LogP contribution in [0.5, 0.6) is 0 Å². The second-order valence-corrected chi connectivity index (χ2v) is 17.9. The van der Waals surface area contributed by atoms with Gasteiger partial charge in [-0.15, -0.1) is 0 Å². The number of ketones is 1. The second-order valence-electron chi connectivity index (χ2n) is 17.9. The molecule has 3 N–H and O–H groups in total. The van der Waals surface area contributed by atoms with E-state index in [1.165, 1.54) is 38.1 Å². The minimum atomic E-state index is -2.35. The quantitative estimate of drug-likeness (QED) is 0.184. The Bertz CT molecular complexity index is 2040. The maximum Gasteiger partial charge on any atom is 0.509 e. The molecule has 2 aliphatic heterocycles. The van der Waals surface area contributed by atoms with E-state index >= 15 is 4.79 Å². The average molecular weight is 840 g/mol. The minimum Gasteiger partial charge on any atom is -0.454 e. The summed E-state index contributed by atoms with van der Waals surface area (Å²) in [5.74, 6) is -7.04. The number of rotatable bonds is 9. The molecular formula is C43H53NO16. The van der Waals surface area contributed by atoms with Crippen molar-refractivity contribution in [3.05, 3.63) is 59.2 Å². The van der Waals surface area contributed by atoms with Gasteiger partial charge < -0.3 is 48.7 Å². The van der Waals surface area contributed by atoms with Gasteiger partial charge in [-0.2, -0.15) is 0 Å². The first-order valence-corrected chi connectivity index (χ1v) is 19.8. The topological polar surface area (TPSA) is 237 Å². The van der Waals surface area contributed by atoms with E-state index in [1.807, 2.05) is 0 Å². The highest BCUT2D eigenvalue weighted by Crippen LogP contribution is 2.66. The zero-order chi connectivity index (χ0) is 44.5. The number of carbonyl (C=O) groups is 7. The number of benzene rings is 1. The summed E-state index contributed by atoms with van der Waals surface area (Å²) < 4.78 is 42.6. The molecule has 0 unspecified atom stereocenters. The predicted molar refractivity (Wildman–Crippen MR) is 205 cm³/mol. The number of aliphatic hydroxyl groups is 2. The predicted octanol–water partition coefficient (Wildman–Crippen LogP) is 2.82. The Morgan fingerprint density at radius 1 is 0.983 bits per heavy atom. The number of Topliss-reactive ketones (excluding diaryl/α,β-unsaturated/α-hetero) is 1. The fourth-order valence-corrected chi connectivity index (χ4v) is 9.93. The van der Waals surface area contributed by atoms with Crippen LogP contribution in [0, 0.1) is 22.2 Å². The van der Waals surface area contributed by atoms with Crippen molar-refractivity contribution in [2.45, 2.75) is 136 Å². The summed E-state index contributed by atoms with van der Waals surface area (Å²) in [7, 11) is 0. The van der Waals surface area contributed by atoms with E-state index < -0.39 is 124 Å². The van der Waals surface area contributed by atoms with Crippen molar-refractivity contribution in [3.63, 3.8) is 0 Å². The van der Waals surface area contributed by atoms with Gasteiger partial charge in [-0.25, -0.2) is 14.4 Å². The Hall–Kier alpha value is -5.13. The number of esters is 4. The summed E-state index contributed by atoms with van der Waals surface area (Å²) >= 11 is 0. The lowest BCUT2D eigenvalue weighted by Gasteiger charge is -2.67. The Morgan fingerprint density at radius 2 is 1.63 bits per heavy atom. The molecule has 5 aliphatic rings. The Kier molecular flexibility index (Phi) is 11.4. The lowest BCUT2D eigenvalue weighted by Crippen LogP contribution is -2.83. The number of ether oxygens (including phenoxy) is 7. The molecule has 1 aromatic carbocycles. The van der Waals surface area contributed by atoms with Crippen LogP contribution in [0.4, 0.5) is 4.79 Å². The molecule has 12 atom stereocenters. The molecule has 1 amide bonds. The molecule has 0 radical (unpaired) electrons. The molecule has 1 aromatic rings. The van der Waals surface area contributed by atoms with Gasteiger partial charge in [-0.3, -0.25) is 19.2 Å². The number of allylic oxidation sites excluding steroid dienone is 1. The molecule has 2 saturated heterocycles. The molecule has 17 nitrogen and oxygen atoms in total. The summed E-state index contributed by atoms with van der Waals surface area (Å²) in [6.07, 6.45) is -10.7. The van der Waals surface area contributed by atoms with Crippen LogP contribution in [0.25, 0.3) is 0 Å². The molecule has 60 heavy (non-hydrogen) atoms. The molecule has 2 heterocycles. The van der Waals surface area contributed by atoms with E-state index in [4.69, 9.17) is 33.2 Å². The molecule has 326 valence electrons. The van der Waals surface area contributed by atoms with Crippen molar-refractivity contribution in [3.8, 4) is 0 Å². The van der Waals surface area contributed by atoms with E-state index in [9.17, 15) is 39.0 Å². The fraction of sp³-hybridized carbons (Fsp3) is 0.605. The Morgan fingerprint density at radius 3 is 2.18 bits per heavy atom. The summed E-state index contributed by atoms with van der Waals surface area (Å²) in [6.45, 7) is 14.3. The third-order valence-electron chi connectivity index (χ3n) is 12.9. The zero-order valence-electron chi connectivity index (χ0n) is 35.3. The standard InChI is InChI=1S/C43H53NO16/c1-11-15-24(44-37(52)39(5,6)7)28(48)36(51)56-29-20(2)27-30(55-21(3)45)32(49)41(10)25(47)18-26-42(19-54-26,59-22(4)46)31(41)34(57-35(50)23-16-13-12-14-17-23)43(40(27,8)9)33(29)58-38(53)60-43/h11-17,24-26,28-31,33-34,47-48H,18-19H2,1-10H3,(H,44,52)/b15-11+/t24-,25-,26+,28+,29+,30+,31-,33-,34-,41+,42-,43+/m0/s1.